The fourth-order valence-corrected chi connectivity index (χ4v) is 2.17. The third-order valence-electron chi connectivity index (χ3n) is 3.40. The maximum Gasteiger partial charge on any atom is 0.303 e. The van der Waals surface area contributed by atoms with E-state index in [2.05, 4.69) is 19.1 Å². The van der Waals surface area contributed by atoms with Gasteiger partial charge >= 0.3 is 5.97 Å². The van der Waals surface area contributed by atoms with Crippen molar-refractivity contribution in [3.8, 4) is 0 Å². The molecule has 0 aromatic carbocycles. The Labute approximate surface area is 119 Å². The molecule has 1 N–H and O–H groups in total. The van der Waals surface area contributed by atoms with Crippen LogP contribution in [0, 0.1) is 0 Å². The van der Waals surface area contributed by atoms with Crippen molar-refractivity contribution in [2.45, 2.75) is 90.4 Å². The van der Waals surface area contributed by atoms with E-state index in [4.69, 9.17) is 5.11 Å². The molecule has 0 aliphatic rings. The van der Waals surface area contributed by atoms with E-state index in [-0.39, 0.29) is 0 Å². The van der Waals surface area contributed by atoms with Gasteiger partial charge in [0.05, 0.1) is 0 Å². The van der Waals surface area contributed by atoms with Gasteiger partial charge in [0, 0.05) is 6.42 Å². The van der Waals surface area contributed by atoms with E-state index in [1.54, 1.807) is 0 Å². The second-order valence-corrected chi connectivity index (χ2v) is 5.37. The first-order chi connectivity index (χ1) is 9.27. The highest BCUT2D eigenvalue weighted by Gasteiger charge is 1.95. The fraction of sp³-hybridized carbons (Fsp3) is 0.824. The number of carbonyl (C=O) groups is 1. The number of carboxylic acids is 1. The molecule has 0 aromatic rings. The maximum atomic E-state index is 10.3. The van der Waals surface area contributed by atoms with Gasteiger partial charge in [-0.25, -0.2) is 0 Å². The monoisotopic (exact) mass is 268 g/mol. The van der Waals surface area contributed by atoms with Crippen LogP contribution in [0.5, 0.6) is 0 Å². The van der Waals surface area contributed by atoms with Crippen LogP contribution in [-0.2, 0) is 4.79 Å². The van der Waals surface area contributed by atoms with Gasteiger partial charge in [-0.15, -0.1) is 0 Å². The Bertz CT molecular complexity index is 221. The van der Waals surface area contributed by atoms with E-state index in [0.717, 1.165) is 12.8 Å². The minimum absolute atomic E-state index is 0.331. The van der Waals surface area contributed by atoms with Crippen molar-refractivity contribution in [3.63, 3.8) is 0 Å². The van der Waals surface area contributed by atoms with Gasteiger partial charge in [0.1, 0.15) is 0 Å². The molecule has 0 rings (SSSR count). The average Bonchev–Trinajstić information content (AvgIpc) is 2.39. The highest BCUT2D eigenvalue weighted by atomic mass is 16.4. The van der Waals surface area contributed by atoms with Crippen molar-refractivity contribution < 1.29 is 9.90 Å². The molecular weight excluding hydrogens is 236 g/mol. The zero-order chi connectivity index (χ0) is 14.2. The number of unbranched alkanes of at least 4 members (excludes halogenated alkanes) is 10. The SMILES string of the molecule is CCCCCCC/C=C\CCCCCCCC(=O)O. The van der Waals surface area contributed by atoms with Crippen LogP contribution in [0.1, 0.15) is 90.4 Å². The maximum absolute atomic E-state index is 10.3. The molecule has 2 heteroatoms. The van der Waals surface area contributed by atoms with Crippen LogP contribution in [0.25, 0.3) is 0 Å². The molecule has 0 bridgehead atoms. The van der Waals surface area contributed by atoms with Crippen molar-refractivity contribution >= 4 is 5.97 Å². The quantitative estimate of drug-likeness (QED) is 0.323. The van der Waals surface area contributed by atoms with E-state index in [0.29, 0.717) is 6.42 Å². The number of rotatable bonds is 14. The lowest BCUT2D eigenvalue weighted by molar-refractivity contribution is -0.137. The second kappa shape index (κ2) is 15.3. The predicted octanol–water partition coefficient (Wildman–Crippen LogP) is 5.72. The molecule has 0 saturated heterocycles. The Morgan fingerprint density at radius 1 is 0.789 bits per heavy atom. The molecule has 0 unspecified atom stereocenters. The summed E-state index contributed by atoms with van der Waals surface area (Å²) in [4.78, 5) is 10.3. The van der Waals surface area contributed by atoms with E-state index in [1.807, 2.05) is 0 Å². The summed E-state index contributed by atoms with van der Waals surface area (Å²) >= 11 is 0. The summed E-state index contributed by atoms with van der Waals surface area (Å²) in [6.07, 6.45) is 19.8. The molecule has 0 aliphatic heterocycles. The van der Waals surface area contributed by atoms with Crippen molar-refractivity contribution in [3.05, 3.63) is 12.2 Å². The third-order valence-corrected chi connectivity index (χ3v) is 3.40. The number of aliphatic carboxylic acids is 1. The normalized spacial score (nSPS) is 11.2. The summed E-state index contributed by atoms with van der Waals surface area (Å²) in [5.74, 6) is -0.665. The number of hydrogen-bond acceptors (Lipinski definition) is 1. The molecule has 0 atom stereocenters. The van der Waals surface area contributed by atoms with Crippen LogP contribution in [0.4, 0.5) is 0 Å². The molecule has 0 aromatic heterocycles. The zero-order valence-corrected chi connectivity index (χ0v) is 12.7. The number of allylic oxidation sites excluding steroid dienone is 2. The molecule has 0 amide bonds. The van der Waals surface area contributed by atoms with Crippen molar-refractivity contribution in [2.24, 2.45) is 0 Å². The average molecular weight is 268 g/mol. The lowest BCUT2D eigenvalue weighted by atomic mass is 10.1. The first-order valence-corrected chi connectivity index (χ1v) is 8.14. The van der Waals surface area contributed by atoms with Crippen molar-refractivity contribution in [1.29, 1.82) is 0 Å². The first kappa shape index (κ1) is 18.2. The molecule has 0 heterocycles. The van der Waals surface area contributed by atoms with Gasteiger partial charge in [-0.3, -0.25) is 4.79 Å². The van der Waals surface area contributed by atoms with Crippen molar-refractivity contribution in [2.75, 3.05) is 0 Å². The highest BCUT2D eigenvalue weighted by Crippen LogP contribution is 2.09. The summed E-state index contributed by atoms with van der Waals surface area (Å²) < 4.78 is 0. The van der Waals surface area contributed by atoms with Crippen LogP contribution in [0.15, 0.2) is 12.2 Å². The number of carboxylic acid groups (broad SMARTS) is 1. The van der Waals surface area contributed by atoms with E-state index < -0.39 is 5.97 Å². The standard InChI is InChI=1S/C17H32O2/c1-2-3-4-5-6-7-8-9-10-11-12-13-14-15-16-17(18)19/h8-9H,2-7,10-16H2,1H3,(H,18,19)/b9-8-. The second-order valence-electron chi connectivity index (χ2n) is 5.37. The molecule has 0 fully saturated rings. The van der Waals surface area contributed by atoms with Gasteiger partial charge in [0.15, 0.2) is 0 Å². The van der Waals surface area contributed by atoms with Crippen molar-refractivity contribution in [1.82, 2.24) is 0 Å². The van der Waals surface area contributed by atoms with Gasteiger partial charge in [0.2, 0.25) is 0 Å². The highest BCUT2D eigenvalue weighted by molar-refractivity contribution is 5.66. The number of hydrogen-bond donors (Lipinski definition) is 1. The van der Waals surface area contributed by atoms with Crippen LogP contribution >= 0.6 is 0 Å². The van der Waals surface area contributed by atoms with Gasteiger partial charge in [-0.2, -0.15) is 0 Å². The summed E-state index contributed by atoms with van der Waals surface area (Å²) in [6, 6.07) is 0. The van der Waals surface area contributed by atoms with Crippen LogP contribution in [0.3, 0.4) is 0 Å². The van der Waals surface area contributed by atoms with E-state index >= 15 is 0 Å². The molecule has 112 valence electrons. The lowest BCUT2D eigenvalue weighted by Crippen LogP contribution is -1.93. The fourth-order valence-electron chi connectivity index (χ4n) is 2.17. The first-order valence-electron chi connectivity index (χ1n) is 8.14. The summed E-state index contributed by atoms with van der Waals surface area (Å²) in [7, 11) is 0. The van der Waals surface area contributed by atoms with E-state index in [9.17, 15) is 4.79 Å². The molecule has 19 heavy (non-hydrogen) atoms. The zero-order valence-electron chi connectivity index (χ0n) is 12.7. The molecule has 0 saturated carbocycles. The predicted molar refractivity (Wildman–Crippen MR) is 82.5 cm³/mol. The summed E-state index contributed by atoms with van der Waals surface area (Å²) in [6.45, 7) is 2.25. The lowest BCUT2D eigenvalue weighted by Gasteiger charge is -1.98. The molecule has 0 aliphatic carbocycles. The van der Waals surface area contributed by atoms with E-state index in [1.165, 1.54) is 64.2 Å². The Balaban J connectivity index is 3.06. The largest absolute Gasteiger partial charge is 0.481 e. The Morgan fingerprint density at radius 2 is 1.26 bits per heavy atom. The van der Waals surface area contributed by atoms with Crippen LogP contribution in [0.2, 0.25) is 0 Å². The Kier molecular flexibility index (Phi) is 14.6. The Hall–Kier alpha value is -0.790. The smallest absolute Gasteiger partial charge is 0.303 e. The Morgan fingerprint density at radius 3 is 1.79 bits per heavy atom. The molecule has 0 spiro atoms. The minimum Gasteiger partial charge on any atom is -0.481 e. The van der Waals surface area contributed by atoms with Gasteiger partial charge < -0.3 is 5.11 Å². The summed E-state index contributed by atoms with van der Waals surface area (Å²) in [5, 5.41) is 8.50. The van der Waals surface area contributed by atoms with Gasteiger partial charge in [0.25, 0.3) is 0 Å². The molecule has 2 nitrogen and oxygen atoms in total. The van der Waals surface area contributed by atoms with Gasteiger partial charge in [-0.05, 0) is 32.1 Å². The topological polar surface area (TPSA) is 37.3 Å². The van der Waals surface area contributed by atoms with Gasteiger partial charge in [-0.1, -0.05) is 64.0 Å². The minimum atomic E-state index is -0.665. The van der Waals surface area contributed by atoms with Crippen LogP contribution < -0.4 is 0 Å². The third kappa shape index (κ3) is 17.2. The summed E-state index contributed by atoms with van der Waals surface area (Å²) in [5.41, 5.74) is 0. The van der Waals surface area contributed by atoms with Crippen LogP contribution in [-0.4, -0.2) is 11.1 Å². The molecule has 0 radical (unpaired) electrons. The molecular formula is C17H32O2.